The first-order valence-electron chi connectivity index (χ1n) is 1.60. The van der Waals surface area contributed by atoms with Crippen molar-refractivity contribution < 1.29 is 9.90 Å². The minimum absolute atomic E-state index is 0. The third-order valence-electron chi connectivity index (χ3n) is 0.326. The Morgan fingerprint density at radius 2 is 2.14 bits per heavy atom. The van der Waals surface area contributed by atoms with Crippen LogP contribution < -0.4 is 0 Å². The van der Waals surface area contributed by atoms with Gasteiger partial charge in [0.15, 0.2) is 0 Å². The molecule has 0 atom stereocenters. The van der Waals surface area contributed by atoms with Crippen molar-refractivity contribution in [3.63, 3.8) is 0 Å². The summed E-state index contributed by atoms with van der Waals surface area (Å²) in [5.41, 5.74) is 0. The molecule has 0 heterocycles. The fourth-order valence-electron chi connectivity index (χ4n) is 0.0956. The third kappa shape index (κ3) is 10.9. The molecule has 0 unspecified atom stereocenters. The smallest absolute Gasteiger partial charge is 0.304 e. The number of carboxylic acids is 1. The Bertz CT molecular complexity index is 56.9. The van der Waals surface area contributed by atoms with E-state index in [4.69, 9.17) is 5.11 Å². The Labute approximate surface area is 70.0 Å². The summed E-state index contributed by atoms with van der Waals surface area (Å²) in [5, 5.41) is 7.86. The van der Waals surface area contributed by atoms with Crippen LogP contribution in [0.4, 0.5) is 0 Å². The van der Waals surface area contributed by atoms with Crippen LogP contribution in [0.1, 0.15) is 6.42 Å². The van der Waals surface area contributed by atoms with Crippen LogP contribution in [-0.2, 0) is 4.79 Å². The van der Waals surface area contributed by atoms with Gasteiger partial charge in [-0.15, -0.1) is 0 Å². The zero-order valence-corrected chi connectivity index (χ0v) is 7.11. The van der Waals surface area contributed by atoms with E-state index in [9.17, 15) is 4.79 Å². The first-order valence-corrected chi connectivity index (χ1v) is 2.23. The number of thiol groups is 1. The Balaban J connectivity index is 0. The van der Waals surface area contributed by atoms with Gasteiger partial charge in [0.2, 0.25) is 0 Å². The number of carbonyl (C=O) groups is 1. The van der Waals surface area contributed by atoms with Crippen LogP contribution in [0.25, 0.3) is 0 Å². The van der Waals surface area contributed by atoms with Crippen molar-refractivity contribution in [2.45, 2.75) is 6.42 Å². The fraction of sp³-hybridized carbons (Fsp3) is 0.667. The predicted octanol–water partition coefficient (Wildman–Crippen LogP) is 0.0101. The van der Waals surface area contributed by atoms with Gasteiger partial charge in [-0.3, -0.25) is 4.79 Å². The first-order chi connectivity index (χ1) is 2.77. The van der Waals surface area contributed by atoms with E-state index in [2.05, 4.69) is 12.6 Å². The summed E-state index contributed by atoms with van der Waals surface area (Å²) in [7, 11) is 0. The Kier molecular flexibility index (Phi) is 10.5. The molecular weight excluding hydrogens is 123 g/mol. The summed E-state index contributed by atoms with van der Waals surface area (Å²) < 4.78 is 0. The summed E-state index contributed by atoms with van der Waals surface area (Å²) in [6.07, 6.45) is 0.156. The molecule has 0 saturated heterocycles. The number of hydrogen-bond donors (Lipinski definition) is 2. The maximum absolute atomic E-state index is 9.55. The summed E-state index contributed by atoms with van der Waals surface area (Å²) in [6.45, 7) is 0. The van der Waals surface area contributed by atoms with Crippen molar-refractivity contribution in [2.75, 3.05) is 5.75 Å². The average Bonchev–Trinajstić information content (AvgIpc) is 1.35. The molecule has 1 N–H and O–H groups in total. The molecule has 4 heteroatoms. The normalized spacial score (nSPS) is 7.00. The van der Waals surface area contributed by atoms with E-state index in [1.54, 1.807) is 0 Å². The Hall–Kier alpha value is 0.820. The minimum Gasteiger partial charge on any atom is -0.481 e. The van der Waals surface area contributed by atoms with Gasteiger partial charge in [-0.2, -0.15) is 12.6 Å². The average molecular weight is 129 g/mol. The van der Waals surface area contributed by atoms with Crippen LogP contribution >= 0.6 is 12.6 Å². The van der Waals surface area contributed by atoms with Crippen molar-refractivity contribution in [1.29, 1.82) is 0 Å². The fourth-order valence-corrected chi connectivity index (χ4v) is 0.287. The molecule has 0 aliphatic carbocycles. The molecule has 0 bridgehead atoms. The largest absolute Gasteiger partial charge is 0.481 e. The third-order valence-corrected chi connectivity index (χ3v) is 0.549. The number of aliphatic carboxylic acids is 1. The van der Waals surface area contributed by atoms with Crippen molar-refractivity contribution in [1.82, 2.24) is 0 Å². The molecular formula is C3H6NaO2S. The van der Waals surface area contributed by atoms with Crippen LogP contribution in [0.15, 0.2) is 0 Å². The van der Waals surface area contributed by atoms with Gasteiger partial charge in [0.25, 0.3) is 0 Å². The molecule has 2 nitrogen and oxygen atoms in total. The van der Waals surface area contributed by atoms with Crippen LogP contribution in [0, 0.1) is 0 Å². The molecule has 0 amide bonds. The topological polar surface area (TPSA) is 37.3 Å². The van der Waals surface area contributed by atoms with Crippen molar-refractivity contribution in [3.8, 4) is 0 Å². The Morgan fingerprint density at radius 1 is 1.71 bits per heavy atom. The summed E-state index contributed by atoms with van der Waals surface area (Å²) in [4.78, 5) is 9.55. The molecule has 0 spiro atoms. The van der Waals surface area contributed by atoms with Crippen LogP contribution in [-0.4, -0.2) is 46.4 Å². The molecule has 7 heavy (non-hydrogen) atoms. The second kappa shape index (κ2) is 6.82. The monoisotopic (exact) mass is 129 g/mol. The van der Waals surface area contributed by atoms with E-state index in [1.165, 1.54) is 0 Å². The molecule has 0 aliphatic heterocycles. The van der Waals surface area contributed by atoms with E-state index in [-0.39, 0.29) is 36.0 Å². The van der Waals surface area contributed by atoms with E-state index < -0.39 is 5.97 Å². The summed E-state index contributed by atoms with van der Waals surface area (Å²) in [6, 6.07) is 0. The molecule has 0 aromatic heterocycles. The zero-order chi connectivity index (χ0) is 4.99. The maximum Gasteiger partial charge on any atom is 0.304 e. The van der Waals surface area contributed by atoms with Gasteiger partial charge in [-0.25, -0.2) is 0 Å². The molecule has 0 aliphatic rings. The molecule has 0 rings (SSSR count). The van der Waals surface area contributed by atoms with Crippen molar-refractivity contribution in [2.24, 2.45) is 0 Å². The summed E-state index contributed by atoms with van der Waals surface area (Å²) >= 11 is 3.68. The summed E-state index contributed by atoms with van der Waals surface area (Å²) in [5.74, 6) is -0.361. The van der Waals surface area contributed by atoms with Gasteiger partial charge in [0, 0.05) is 35.3 Å². The quantitative estimate of drug-likeness (QED) is 0.407. The molecule has 0 aromatic rings. The van der Waals surface area contributed by atoms with Gasteiger partial charge in [-0.1, -0.05) is 0 Å². The van der Waals surface area contributed by atoms with E-state index >= 15 is 0 Å². The number of hydrogen-bond acceptors (Lipinski definition) is 2. The van der Waals surface area contributed by atoms with Gasteiger partial charge in [0.05, 0.1) is 6.42 Å². The van der Waals surface area contributed by atoms with E-state index in [0.29, 0.717) is 5.75 Å². The van der Waals surface area contributed by atoms with Gasteiger partial charge < -0.3 is 5.11 Å². The predicted molar refractivity (Wildman–Crippen MR) is 31.9 cm³/mol. The number of carboxylic acid groups (broad SMARTS) is 1. The van der Waals surface area contributed by atoms with E-state index in [1.807, 2.05) is 0 Å². The van der Waals surface area contributed by atoms with Crippen molar-refractivity contribution in [3.05, 3.63) is 0 Å². The molecule has 0 fully saturated rings. The molecule has 0 aromatic carbocycles. The van der Waals surface area contributed by atoms with Crippen LogP contribution in [0.5, 0.6) is 0 Å². The molecule has 37 valence electrons. The second-order valence-corrected chi connectivity index (χ2v) is 1.31. The van der Waals surface area contributed by atoms with Gasteiger partial charge >= 0.3 is 5.97 Å². The van der Waals surface area contributed by atoms with Gasteiger partial charge in [0.1, 0.15) is 0 Å². The minimum atomic E-state index is -0.787. The van der Waals surface area contributed by atoms with E-state index in [0.717, 1.165) is 0 Å². The zero-order valence-electron chi connectivity index (χ0n) is 4.22. The number of rotatable bonds is 2. The van der Waals surface area contributed by atoms with Crippen molar-refractivity contribution >= 4 is 48.2 Å². The SMILES string of the molecule is O=C(O)CCS.[Na]. The van der Waals surface area contributed by atoms with Crippen LogP contribution in [0.3, 0.4) is 0 Å². The Morgan fingerprint density at radius 3 is 2.14 bits per heavy atom. The maximum atomic E-state index is 9.55. The molecule has 1 radical (unpaired) electrons. The second-order valence-electron chi connectivity index (χ2n) is 0.867. The first kappa shape index (κ1) is 10.7. The molecule has 0 saturated carbocycles. The standard InChI is InChI=1S/C3H6O2S.Na/c4-3(5)1-2-6;/h6H,1-2H2,(H,4,5);. The van der Waals surface area contributed by atoms with Crippen LogP contribution in [0.2, 0.25) is 0 Å². The van der Waals surface area contributed by atoms with Gasteiger partial charge in [-0.05, 0) is 0 Å².